The van der Waals surface area contributed by atoms with Crippen LogP contribution in [0.2, 0.25) is 0 Å². The topological polar surface area (TPSA) is 107 Å². The van der Waals surface area contributed by atoms with Gasteiger partial charge in [0.1, 0.15) is 11.7 Å². The molecule has 2 aromatic rings. The minimum absolute atomic E-state index is 0.0310. The molecule has 0 aliphatic heterocycles. The van der Waals surface area contributed by atoms with Crippen LogP contribution >= 0.6 is 0 Å². The van der Waals surface area contributed by atoms with Crippen molar-refractivity contribution in [2.45, 2.75) is 58.2 Å². The molecule has 0 aromatic heterocycles. The van der Waals surface area contributed by atoms with E-state index in [1.807, 2.05) is 26.0 Å². The predicted octanol–water partition coefficient (Wildman–Crippen LogP) is 5.53. The first-order valence-corrected chi connectivity index (χ1v) is 15.2. The molecular weight excluding hydrogens is 544 g/mol. The number of hydrogen-bond acceptors (Lipinski definition) is 7. The Morgan fingerprint density at radius 2 is 1.58 bits per heavy atom. The number of ether oxygens (including phenoxy) is 2. The van der Waals surface area contributed by atoms with Crippen LogP contribution in [0.5, 0.6) is 0 Å². The first kappa shape index (κ1) is 29.2. The summed E-state index contributed by atoms with van der Waals surface area (Å²) < 4.78 is 11.7. The van der Waals surface area contributed by atoms with Crippen LogP contribution < -0.4 is 0 Å². The Kier molecular flexibility index (Phi) is 7.28. The fraction of sp³-hybridized carbons (Fsp3) is 0.444. The molecule has 0 amide bonds. The van der Waals surface area contributed by atoms with Crippen LogP contribution in [-0.4, -0.2) is 46.9 Å². The van der Waals surface area contributed by atoms with E-state index in [4.69, 9.17) is 9.47 Å². The molecule has 3 fully saturated rings. The third-order valence-electron chi connectivity index (χ3n) is 11.1. The Bertz CT molecular complexity index is 1510. The quantitative estimate of drug-likeness (QED) is 0.446. The van der Waals surface area contributed by atoms with E-state index in [-0.39, 0.29) is 30.0 Å². The van der Waals surface area contributed by atoms with Gasteiger partial charge < -0.3 is 14.6 Å². The molecule has 8 atom stereocenters. The summed E-state index contributed by atoms with van der Waals surface area (Å²) in [6.45, 7) is 5.39. The van der Waals surface area contributed by atoms with E-state index < -0.39 is 52.8 Å². The lowest BCUT2D eigenvalue weighted by atomic mass is 9.46. The number of rotatable bonds is 6. The molecule has 7 nitrogen and oxygen atoms in total. The van der Waals surface area contributed by atoms with Crippen LogP contribution in [0.15, 0.2) is 84.5 Å². The van der Waals surface area contributed by atoms with Crippen molar-refractivity contribution in [3.8, 4) is 0 Å². The molecule has 2 aromatic carbocycles. The smallest absolute Gasteiger partial charge is 0.338 e. The lowest BCUT2D eigenvalue weighted by Gasteiger charge is -2.60. The van der Waals surface area contributed by atoms with Crippen LogP contribution in [0.25, 0.3) is 0 Å². The highest BCUT2D eigenvalue weighted by Gasteiger charge is 2.71. The first-order chi connectivity index (χ1) is 20.5. The Hall–Kier alpha value is -3.84. The molecule has 4 aliphatic rings. The van der Waals surface area contributed by atoms with Gasteiger partial charge in [0.2, 0.25) is 5.78 Å². The number of benzene rings is 2. The summed E-state index contributed by atoms with van der Waals surface area (Å²) >= 11 is 0. The molecule has 4 aliphatic carbocycles. The van der Waals surface area contributed by atoms with Gasteiger partial charge in [0.05, 0.1) is 11.1 Å². The highest BCUT2D eigenvalue weighted by atomic mass is 16.5. The van der Waals surface area contributed by atoms with Crippen molar-refractivity contribution in [2.75, 3.05) is 6.61 Å². The maximum atomic E-state index is 13.9. The number of allylic oxidation sites excluding steroid dienone is 4. The normalized spacial score (nSPS) is 36.0. The summed E-state index contributed by atoms with van der Waals surface area (Å²) in [5, 5.41) is 12.4. The van der Waals surface area contributed by atoms with Gasteiger partial charge in [-0.3, -0.25) is 9.59 Å². The third kappa shape index (κ3) is 4.60. The average molecular weight is 583 g/mol. The molecule has 224 valence electrons. The molecular formula is C36H38O7. The van der Waals surface area contributed by atoms with Gasteiger partial charge in [-0.2, -0.15) is 0 Å². The Morgan fingerprint density at radius 1 is 0.953 bits per heavy atom. The highest BCUT2D eigenvalue weighted by Crippen LogP contribution is 2.68. The average Bonchev–Trinajstić information content (AvgIpc) is 3.22. The molecule has 0 spiro atoms. The van der Waals surface area contributed by atoms with Crippen LogP contribution in [0.1, 0.15) is 67.2 Å². The van der Waals surface area contributed by atoms with Crippen LogP contribution in [0.4, 0.5) is 0 Å². The van der Waals surface area contributed by atoms with Gasteiger partial charge in [-0.1, -0.05) is 68.8 Å². The minimum Gasteiger partial charge on any atom is -0.458 e. The summed E-state index contributed by atoms with van der Waals surface area (Å²) in [5.41, 5.74) is -1.42. The van der Waals surface area contributed by atoms with Crippen molar-refractivity contribution in [2.24, 2.45) is 34.5 Å². The number of aliphatic hydroxyl groups is 1. The number of ketones is 2. The Balaban J connectivity index is 1.35. The van der Waals surface area contributed by atoms with Gasteiger partial charge in [-0.15, -0.1) is 0 Å². The Morgan fingerprint density at radius 3 is 2.23 bits per heavy atom. The van der Waals surface area contributed by atoms with E-state index in [0.717, 1.165) is 18.4 Å². The van der Waals surface area contributed by atoms with E-state index in [9.17, 15) is 24.3 Å². The van der Waals surface area contributed by atoms with Crippen molar-refractivity contribution in [1.82, 2.24) is 0 Å². The fourth-order valence-corrected chi connectivity index (χ4v) is 9.01. The van der Waals surface area contributed by atoms with Crippen LogP contribution in [0.3, 0.4) is 0 Å². The molecule has 0 radical (unpaired) electrons. The van der Waals surface area contributed by atoms with Crippen molar-refractivity contribution in [1.29, 1.82) is 0 Å². The number of carbonyl (C=O) groups excluding carboxylic acids is 4. The van der Waals surface area contributed by atoms with Crippen molar-refractivity contribution in [3.05, 3.63) is 95.6 Å². The molecule has 0 bridgehead atoms. The van der Waals surface area contributed by atoms with E-state index in [2.05, 4.69) is 6.92 Å². The molecule has 0 saturated heterocycles. The zero-order valence-electron chi connectivity index (χ0n) is 24.8. The second kappa shape index (κ2) is 10.7. The predicted molar refractivity (Wildman–Crippen MR) is 159 cm³/mol. The number of carbonyl (C=O) groups is 4. The van der Waals surface area contributed by atoms with Crippen molar-refractivity contribution in [3.63, 3.8) is 0 Å². The van der Waals surface area contributed by atoms with Crippen molar-refractivity contribution < 1.29 is 33.8 Å². The summed E-state index contributed by atoms with van der Waals surface area (Å²) in [5.74, 6) is -2.20. The standard InChI is InChI=1S/C36H38O7/c1-22-18-28-27-15-14-25-19-26(37)16-17-34(25,2)31(27)29(43-33(40)24-12-8-5-9-13-24)20-35(28,3)36(22,41)30(38)21-42-32(39)23-10-6-4-7-11-23/h4-13,16-17,19,22,27-29,31,41H,14-15,18,20-21H2,1-3H3/t22?,27-,28-,29+,31+,34-,35-,36-/m0/s1. The molecule has 0 heterocycles. The monoisotopic (exact) mass is 582 g/mol. The molecule has 7 heteroatoms. The van der Waals surface area contributed by atoms with E-state index in [1.54, 1.807) is 66.7 Å². The van der Waals surface area contributed by atoms with Gasteiger partial charge in [-0.25, -0.2) is 9.59 Å². The number of Topliss-reactive ketones (excluding diaryl/α,β-unsaturated/α-hetero) is 1. The third-order valence-corrected chi connectivity index (χ3v) is 11.1. The first-order valence-electron chi connectivity index (χ1n) is 15.2. The van der Waals surface area contributed by atoms with Gasteiger partial charge in [-0.05, 0) is 79.9 Å². The summed E-state index contributed by atoms with van der Waals surface area (Å²) in [6, 6.07) is 17.3. The van der Waals surface area contributed by atoms with E-state index in [0.29, 0.717) is 17.5 Å². The molecule has 43 heavy (non-hydrogen) atoms. The van der Waals surface area contributed by atoms with E-state index in [1.165, 1.54) is 0 Å². The number of hydrogen-bond donors (Lipinski definition) is 1. The summed E-state index contributed by atoms with van der Waals surface area (Å²) in [7, 11) is 0. The highest BCUT2D eigenvalue weighted by molar-refractivity contribution is 6.01. The van der Waals surface area contributed by atoms with E-state index >= 15 is 0 Å². The van der Waals surface area contributed by atoms with Gasteiger partial charge in [0.25, 0.3) is 0 Å². The van der Waals surface area contributed by atoms with Gasteiger partial charge in [0.15, 0.2) is 12.4 Å². The summed E-state index contributed by atoms with van der Waals surface area (Å²) in [6.07, 6.45) is 7.02. The lowest BCUT2D eigenvalue weighted by molar-refractivity contribution is -0.184. The Labute approximate surface area is 252 Å². The second-order valence-corrected chi connectivity index (χ2v) is 13.2. The maximum absolute atomic E-state index is 13.9. The molecule has 3 saturated carbocycles. The molecule has 1 N–H and O–H groups in total. The molecule has 1 unspecified atom stereocenters. The second-order valence-electron chi connectivity index (χ2n) is 13.2. The van der Waals surface area contributed by atoms with Crippen LogP contribution in [-0.2, 0) is 19.1 Å². The zero-order valence-corrected chi connectivity index (χ0v) is 24.8. The zero-order chi connectivity index (χ0) is 30.6. The van der Waals surface area contributed by atoms with Gasteiger partial charge >= 0.3 is 11.9 Å². The SMILES string of the molecule is CC1C[C@H]2[C@@H]3CCC4=CC(=O)C=C[C@]4(C)[C@H]3[C@H](OC(=O)c3ccccc3)C[C@]2(C)[C@@]1(O)C(=O)COC(=O)c1ccccc1. The minimum atomic E-state index is -1.79. The maximum Gasteiger partial charge on any atom is 0.338 e. The van der Waals surface area contributed by atoms with Crippen molar-refractivity contribution >= 4 is 23.5 Å². The van der Waals surface area contributed by atoms with Crippen LogP contribution in [0, 0.1) is 34.5 Å². The molecule has 6 rings (SSSR count). The summed E-state index contributed by atoms with van der Waals surface area (Å²) in [4.78, 5) is 52.4. The largest absolute Gasteiger partial charge is 0.458 e. The fourth-order valence-electron chi connectivity index (χ4n) is 9.01. The number of fused-ring (bicyclic) bond motifs is 5. The van der Waals surface area contributed by atoms with Gasteiger partial charge in [0, 0.05) is 16.7 Å². The lowest BCUT2D eigenvalue weighted by Crippen LogP contribution is -2.63. The number of esters is 2.